The van der Waals surface area contributed by atoms with Gasteiger partial charge in [0.25, 0.3) is 5.91 Å². The minimum absolute atomic E-state index is 0.0826. The fourth-order valence-corrected chi connectivity index (χ4v) is 4.03. The van der Waals surface area contributed by atoms with Crippen molar-refractivity contribution < 1.29 is 4.79 Å². The Bertz CT molecular complexity index is 956. The van der Waals surface area contributed by atoms with Crippen molar-refractivity contribution in [1.82, 2.24) is 14.5 Å². The molecule has 0 radical (unpaired) electrons. The lowest BCUT2D eigenvalue weighted by Gasteiger charge is -2.08. The van der Waals surface area contributed by atoms with Gasteiger partial charge >= 0.3 is 0 Å². The lowest BCUT2D eigenvalue weighted by molar-refractivity contribution is 0.102. The number of nitrogens with zero attached hydrogens (tertiary/aromatic N) is 3. The molecule has 1 N–H and O–H groups in total. The predicted molar refractivity (Wildman–Crippen MR) is 110 cm³/mol. The number of amides is 1. The van der Waals surface area contributed by atoms with E-state index in [1.54, 1.807) is 0 Å². The van der Waals surface area contributed by atoms with Gasteiger partial charge in [-0.1, -0.05) is 0 Å². The van der Waals surface area contributed by atoms with Crippen molar-refractivity contribution in [3.8, 4) is 0 Å². The fourth-order valence-electron chi connectivity index (χ4n) is 3.17. The van der Waals surface area contributed by atoms with Crippen molar-refractivity contribution in [2.45, 2.75) is 51.2 Å². The number of nitrogens with one attached hydrogen (secondary N) is 1. The van der Waals surface area contributed by atoms with Crippen molar-refractivity contribution in [1.29, 1.82) is 0 Å². The summed E-state index contributed by atoms with van der Waals surface area (Å²) in [7, 11) is 0. The lowest BCUT2D eigenvalue weighted by Crippen LogP contribution is -2.13. The fraction of sp³-hybridized carbons (Fsp3) is 0.286. The third-order valence-electron chi connectivity index (χ3n) is 4.42. The average Bonchev–Trinajstić information content (AvgIpc) is 2.89. The van der Waals surface area contributed by atoms with Gasteiger partial charge in [-0.2, -0.15) is 0 Å². The number of hydrogen-bond acceptors (Lipinski definition) is 4. The Morgan fingerprint density at radius 2 is 1.67 bits per heavy atom. The first kappa shape index (κ1) is 19.2. The maximum Gasteiger partial charge on any atom is 0.257 e. The zero-order valence-corrected chi connectivity index (χ0v) is 17.1. The SMILES string of the molecule is CCn1c(C)cc(C(=O)Nc2ccc(Sc3nc(C)cc(C)n3)cc2)c1C. The Kier molecular flexibility index (Phi) is 5.65. The van der Waals surface area contributed by atoms with Gasteiger partial charge < -0.3 is 9.88 Å². The summed E-state index contributed by atoms with van der Waals surface area (Å²) in [5.74, 6) is -0.0826. The van der Waals surface area contributed by atoms with Crippen molar-refractivity contribution in [3.05, 3.63) is 64.7 Å². The van der Waals surface area contributed by atoms with Gasteiger partial charge in [-0.3, -0.25) is 4.79 Å². The minimum Gasteiger partial charge on any atom is -0.349 e. The summed E-state index contributed by atoms with van der Waals surface area (Å²) in [5.41, 5.74) is 5.49. The monoisotopic (exact) mass is 380 g/mol. The molecule has 140 valence electrons. The van der Waals surface area contributed by atoms with E-state index < -0.39 is 0 Å². The van der Waals surface area contributed by atoms with Crippen LogP contribution in [0.25, 0.3) is 0 Å². The topological polar surface area (TPSA) is 59.8 Å². The van der Waals surface area contributed by atoms with Crippen LogP contribution >= 0.6 is 11.8 Å². The molecule has 0 spiro atoms. The smallest absolute Gasteiger partial charge is 0.257 e. The molecule has 27 heavy (non-hydrogen) atoms. The first-order valence-electron chi connectivity index (χ1n) is 8.95. The Labute approximate surface area is 164 Å². The zero-order valence-electron chi connectivity index (χ0n) is 16.3. The number of rotatable bonds is 5. The van der Waals surface area contributed by atoms with Crippen LogP contribution in [0.1, 0.15) is 40.1 Å². The summed E-state index contributed by atoms with van der Waals surface area (Å²) in [5, 5.41) is 3.71. The maximum atomic E-state index is 12.6. The highest BCUT2D eigenvalue weighted by Gasteiger charge is 2.15. The van der Waals surface area contributed by atoms with Crippen molar-refractivity contribution >= 4 is 23.4 Å². The number of carbonyl (C=O) groups is 1. The summed E-state index contributed by atoms with van der Waals surface area (Å²) in [6, 6.07) is 11.6. The van der Waals surface area contributed by atoms with E-state index in [0.717, 1.165) is 50.6 Å². The largest absolute Gasteiger partial charge is 0.349 e. The molecule has 0 atom stereocenters. The van der Waals surface area contributed by atoms with E-state index in [2.05, 4.69) is 26.8 Å². The van der Waals surface area contributed by atoms with Crippen molar-refractivity contribution in [2.75, 3.05) is 5.32 Å². The molecule has 0 unspecified atom stereocenters. The summed E-state index contributed by atoms with van der Waals surface area (Å²) in [4.78, 5) is 22.5. The molecule has 3 rings (SSSR count). The average molecular weight is 381 g/mol. The van der Waals surface area contributed by atoms with Crippen LogP contribution < -0.4 is 5.32 Å². The first-order chi connectivity index (χ1) is 12.9. The second-order valence-corrected chi connectivity index (χ2v) is 7.58. The molecule has 1 aromatic carbocycles. The Balaban J connectivity index is 1.71. The van der Waals surface area contributed by atoms with Gasteiger partial charge in [0.15, 0.2) is 5.16 Å². The highest BCUT2D eigenvalue weighted by atomic mass is 32.2. The molecular weight excluding hydrogens is 356 g/mol. The van der Waals surface area contributed by atoms with Crippen LogP contribution in [-0.2, 0) is 6.54 Å². The summed E-state index contributed by atoms with van der Waals surface area (Å²) >= 11 is 1.51. The molecule has 3 aromatic rings. The molecule has 0 saturated carbocycles. The molecule has 0 aliphatic heterocycles. The van der Waals surface area contributed by atoms with Gasteiger partial charge in [0, 0.05) is 39.9 Å². The van der Waals surface area contributed by atoms with Crippen LogP contribution in [0.2, 0.25) is 0 Å². The van der Waals surface area contributed by atoms with Crippen LogP contribution in [0.5, 0.6) is 0 Å². The van der Waals surface area contributed by atoms with E-state index in [1.165, 1.54) is 11.8 Å². The standard InChI is InChI=1S/C21H24N4OS/c1-6-25-15(4)12-19(16(25)5)20(26)24-17-7-9-18(10-8-17)27-21-22-13(2)11-14(3)23-21/h7-12H,6H2,1-5H3,(H,24,26). The highest BCUT2D eigenvalue weighted by molar-refractivity contribution is 7.99. The lowest BCUT2D eigenvalue weighted by atomic mass is 10.2. The molecule has 1 amide bonds. The van der Waals surface area contributed by atoms with Gasteiger partial charge in [-0.15, -0.1) is 0 Å². The van der Waals surface area contributed by atoms with Crippen LogP contribution in [0, 0.1) is 27.7 Å². The van der Waals surface area contributed by atoms with Gasteiger partial charge in [-0.25, -0.2) is 9.97 Å². The highest BCUT2D eigenvalue weighted by Crippen LogP contribution is 2.26. The molecule has 2 aromatic heterocycles. The molecule has 0 aliphatic rings. The summed E-state index contributed by atoms with van der Waals surface area (Å²) in [6.45, 7) is 10.9. The quantitative estimate of drug-likeness (QED) is 0.637. The second-order valence-electron chi connectivity index (χ2n) is 6.54. The number of aryl methyl sites for hydroxylation is 3. The van der Waals surface area contributed by atoms with Gasteiger partial charge in [0.05, 0.1) is 5.56 Å². The molecule has 0 saturated heterocycles. The Morgan fingerprint density at radius 3 is 2.22 bits per heavy atom. The number of carbonyl (C=O) groups excluding carboxylic acids is 1. The zero-order chi connectivity index (χ0) is 19.6. The van der Waals surface area contributed by atoms with E-state index in [1.807, 2.05) is 64.1 Å². The maximum absolute atomic E-state index is 12.6. The molecule has 0 bridgehead atoms. The van der Waals surface area contributed by atoms with Gasteiger partial charge in [-0.05, 0) is 82.8 Å². The molecular formula is C21H24N4OS. The third kappa shape index (κ3) is 4.39. The normalized spacial score (nSPS) is 10.9. The van der Waals surface area contributed by atoms with E-state index in [4.69, 9.17) is 0 Å². The van der Waals surface area contributed by atoms with E-state index in [9.17, 15) is 4.79 Å². The summed E-state index contributed by atoms with van der Waals surface area (Å²) < 4.78 is 2.14. The molecule has 0 fully saturated rings. The number of anilines is 1. The number of aromatic nitrogens is 3. The Hall–Kier alpha value is -2.60. The molecule has 5 nitrogen and oxygen atoms in total. The Morgan fingerprint density at radius 1 is 1.04 bits per heavy atom. The third-order valence-corrected chi connectivity index (χ3v) is 5.29. The molecule has 0 aliphatic carbocycles. The summed E-state index contributed by atoms with van der Waals surface area (Å²) in [6.07, 6.45) is 0. The van der Waals surface area contributed by atoms with Gasteiger partial charge in [0.2, 0.25) is 0 Å². The molecule has 6 heteroatoms. The van der Waals surface area contributed by atoms with Crippen molar-refractivity contribution in [3.63, 3.8) is 0 Å². The molecule has 2 heterocycles. The van der Waals surface area contributed by atoms with E-state index in [0.29, 0.717) is 0 Å². The van der Waals surface area contributed by atoms with Crippen LogP contribution in [-0.4, -0.2) is 20.4 Å². The van der Waals surface area contributed by atoms with Crippen LogP contribution in [0.15, 0.2) is 46.5 Å². The second kappa shape index (κ2) is 7.96. The van der Waals surface area contributed by atoms with E-state index >= 15 is 0 Å². The van der Waals surface area contributed by atoms with Crippen LogP contribution in [0.4, 0.5) is 5.69 Å². The van der Waals surface area contributed by atoms with Gasteiger partial charge in [0.1, 0.15) is 0 Å². The van der Waals surface area contributed by atoms with E-state index in [-0.39, 0.29) is 5.91 Å². The predicted octanol–water partition coefficient (Wildman–Crippen LogP) is 4.94. The number of hydrogen-bond donors (Lipinski definition) is 1. The van der Waals surface area contributed by atoms with Crippen LogP contribution in [0.3, 0.4) is 0 Å². The minimum atomic E-state index is -0.0826. The first-order valence-corrected chi connectivity index (χ1v) is 9.77. The number of benzene rings is 1. The van der Waals surface area contributed by atoms with Crippen molar-refractivity contribution in [2.24, 2.45) is 0 Å².